The van der Waals surface area contributed by atoms with E-state index in [1.165, 1.54) is 6.07 Å². The molecule has 2 aromatic rings. The van der Waals surface area contributed by atoms with Crippen molar-refractivity contribution in [3.8, 4) is 0 Å². The fourth-order valence-corrected chi connectivity index (χ4v) is 3.59. The molecule has 0 saturated carbocycles. The van der Waals surface area contributed by atoms with Gasteiger partial charge in [-0.05, 0) is 55.2 Å². The van der Waals surface area contributed by atoms with E-state index in [0.29, 0.717) is 13.2 Å². The smallest absolute Gasteiger partial charge is 0.123 e. The van der Waals surface area contributed by atoms with Gasteiger partial charge in [0.15, 0.2) is 0 Å². The zero-order chi connectivity index (χ0) is 17.0. The van der Waals surface area contributed by atoms with Gasteiger partial charge in [-0.25, -0.2) is 4.39 Å². The van der Waals surface area contributed by atoms with Gasteiger partial charge in [-0.1, -0.05) is 35.9 Å². The lowest BCUT2D eigenvalue weighted by Gasteiger charge is -2.39. The lowest BCUT2D eigenvalue weighted by atomic mass is 9.74. The summed E-state index contributed by atoms with van der Waals surface area (Å²) in [6.45, 7) is 4.34. The van der Waals surface area contributed by atoms with Crippen molar-refractivity contribution in [2.75, 3.05) is 19.8 Å². The molecule has 1 unspecified atom stereocenters. The van der Waals surface area contributed by atoms with Crippen molar-refractivity contribution in [3.05, 3.63) is 70.5 Å². The molecule has 1 saturated heterocycles. The maximum absolute atomic E-state index is 13.7. The Balaban J connectivity index is 1.77. The Bertz CT molecular complexity index is 685. The number of ether oxygens (including phenoxy) is 1. The van der Waals surface area contributed by atoms with Crippen LogP contribution >= 0.6 is 11.6 Å². The molecule has 128 valence electrons. The number of hydrogen-bond acceptors (Lipinski definition) is 2. The van der Waals surface area contributed by atoms with E-state index in [-0.39, 0.29) is 17.3 Å². The zero-order valence-electron chi connectivity index (χ0n) is 13.9. The standard InChI is InChI=1S/C20H23ClFNO/c1-15(16-4-2-6-18(21)12-16)23-14-20(8-10-24-11-9-20)17-5-3-7-19(22)13-17/h2-7,12-13,15,23H,8-11,14H2,1H3. The van der Waals surface area contributed by atoms with Gasteiger partial charge in [-0.3, -0.25) is 0 Å². The lowest BCUT2D eigenvalue weighted by Crippen LogP contribution is -2.43. The van der Waals surface area contributed by atoms with Gasteiger partial charge in [0.2, 0.25) is 0 Å². The van der Waals surface area contributed by atoms with E-state index in [2.05, 4.69) is 18.3 Å². The predicted molar refractivity (Wildman–Crippen MR) is 96.0 cm³/mol. The molecule has 0 aliphatic carbocycles. The molecule has 3 rings (SSSR count). The first-order valence-corrected chi connectivity index (χ1v) is 8.79. The molecule has 1 aliphatic heterocycles. The third kappa shape index (κ3) is 3.97. The molecule has 0 spiro atoms. The van der Waals surface area contributed by atoms with Crippen LogP contribution in [0.25, 0.3) is 0 Å². The van der Waals surface area contributed by atoms with Crippen LogP contribution in [0.15, 0.2) is 48.5 Å². The first kappa shape index (κ1) is 17.4. The summed E-state index contributed by atoms with van der Waals surface area (Å²) in [5, 5.41) is 4.36. The van der Waals surface area contributed by atoms with Crippen molar-refractivity contribution < 1.29 is 9.13 Å². The highest BCUT2D eigenvalue weighted by atomic mass is 35.5. The topological polar surface area (TPSA) is 21.3 Å². The summed E-state index contributed by atoms with van der Waals surface area (Å²) < 4.78 is 19.3. The largest absolute Gasteiger partial charge is 0.381 e. The predicted octanol–water partition coefficient (Wildman–Crippen LogP) is 4.88. The van der Waals surface area contributed by atoms with Crippen LogP contribution in [0.4, 0.5) is 4.39 Å². The minimum atomic E-state index is -0.179. The van der Waals surface area contributed by atoms with E-state index in [4.69, 9.17) is 16.3 Å². The first-order valence-electron chi connectivity index (χ1n) is 8.42. The van der Waals surface area contributed by atoms with E-state index in [1.54, 1.807) is 12.1 Å². The summed E-state index contributed by atoms with van der Waals surface area (Å²) in [6.07, 6.45) is 1.79. The monoisotopic (exact) mass is 347 g/mol. The summed E-state index contributed by atoms with van der Waals surface area (Å²) >= 11 is 6.09. The maximum Gasteiger partial charge on any atom is 0.123 e. The Morgan fingerprint density at radius 2 is 1.92 bits per heavy atom. The summed E-state index contributed by atoms with van der Waals surface area (Å²) in [6, 6.07) is 15.1. The van der Waals surface area contributed by atoms with Gasteiger partial charge in [0.05, 0.1) is 0 Å². The van der Waals surface area contributed by atoms with E-state index >= 15 is 0 Å². The Morgan fingerprint density at radius 1 is 1.17 bits per heavy atom. The lowest BCUT2D eigenvalue weighted by molar-refractivity contribution is 0.0489. The highest BCUT2D eigenvalue weighted by Crippen LogP contribution is 2.35. The Morgan fingerprint density at radius 3 is 2.62 bits per heavy atom. The number of halogens is 2. The van der Waals surface area contributed by atoms with E-state index < -0.39 is 0 Å². The molecule has 0 bridgehead atoms. The number of nitrogens with one attached hydrogen (secondary N) is 1. The molecule has 1 N–H and O–H groups in total. The second kappa shape index (κ2) is 7.64. The van der Waals surface area contributed by atoms with Crippen LogP contribution in [0.5, 0.6) is 0 Å². The van der Waals surface area contributed by atoms with Gasteiger partial charge in [-0.15, -0.1) is 0 Å². The average molecular weight is 348 g/mol. The van der Waals surface area contributed by atoms with Crippen molar-refractivity contribution in [2.24, 2.45) is 0 Å². The molecule has 4 heteroatoms. The minimum absolute atomic E-state index is 0.0901. The van der Waals surface area contributed by atoms with Crippen LogP contribution in [0, 0.1) is 5.82 Å². The molecule has 1 atom stereocenters. The van der Waals surface area contributed by atoms with E-state index in [0.717, 1.165) is 35.5 Å². The third-order valence-electron chi connectivity index (χ3n) is 4.98. The number of hydrogen-bond donors (Lipinski definition) is 1. The maximum atomic E-state index is 13.7. The van der Waals surface area contributed by atoms with Gasteiger partial charge in [0.25, 0.3) is 0 Å². The quantitative estimate of drug-likeness (QED) is 0.832. The van der Waals surface area contributed by atoms with Gasteiger partial charge in [-0.2, -0.15) is 0 Å². The number of rotatable bonds is 5. The fourth-order valence-electron chi connectivity index (χ4n) is 3.39. The Kier molecular flexibility index (Phi) is 5.54. The second-order valence-corrected chi connectivity index (χ2v) is 7.00. The zero-order valence-corrected chi connectivity index (χ0v) is 14.7. The van der Waals surface area contributed by atoms with Crippen molar-refractivity contribution in [2.45, 2.75) is 31.2 Å². The van der Waals surface area contributed by atoms with Crippen molar-refractivity contribution in [3.63, 3.8) is 0 Å². The van der Waals surface area contributed by atoms with Crippen LogP contribution in [0.1, 0.15) is 36.9 Å². The molecular weight excluding hydrogens is 325 g/mol. The Hall–Kier alpha value is -1.42. The molecule has 0 radical (unpaired) electrons. The van der Waals surface area contributed by atoms with Gasteiger partial charge < -0.3 is 10.1 Å². The molecule has 1 fully saturated rings. The van der Waals surface area contributed by atoms with Crippen LogP contribution in [0.2, 0.25) is 5.02 Å². The summed E-state index contributed by atoms with van der Waals surface area (Å²) in [5.41, 5.74) is 2.12. The number of benzene rings is 2. The van der Waals surface area contributed by atoms with E-state index in [9.17, 15) is 4.39 Å². The average Bonchev–Trinajstić information content (AvgIpc) is 2.60. The molecule has 0 aromatic heterocycles. The molecule has 2 nitrogen and oxygen atoms in total. The van der Waals surface area contributed by atoms with Crippen LogP contribution < -0.4 is 5.32 Å². The summed E-state index contributed by atoms with van der Waals surface area (Å²) in [7, 11) is 0. The van der Waals surface area contributed by atoms with Crippen molar-refractivity contribution in [1.82, 2.24) is 5.32 Å². The SMILES string of the molecule is CC(NCC1(c2cccc(F)c2)CCOCC1)c1cccc(Cl)c1. The van der Waals surface area contributed by atoms with E-state index in [1.807, 2.05) is 24.3 Å². The minimum Gasteiger partial charge on any atom is -0.381 e. The van der Waals surface area contributed by atoms with Gasteiger partial charge in [0.1, 0.15) is 5.82 Å². The molecule has 2 aromatic carbocycles. The highest BCUT2D eigenvalue weighted by molar-refractivity contribution is 6.30. The molecule has 1 heterocycles. The Labute approximate surface area is 148 Å². The van der Waals surface area contributed by atoms with Gasteiger partial charge in [0, 0.05) is 36.2 Å². The molecular formula is C20H23ClFNO. The van der Waals surface area contributed by atoms with Crippen LogP contribution in [0.3, 0.4) is 0 Å². The second-order valence-electron chi connectivity index (χ2n) is 6.56. The van der Waals surface area contributed by atoms with Crippen molar-refractivity contribution in [1.29, 1.82) is 0 Å². The normalized spacial score (nSPS) is 18.3. The molecule has 24 heavy (non-hydrogen) atoms. The summed E-state index contributed by atoms with van der Waals surface area (Å²) in [4.78, 5) is 0. The third-order valence-corrected chi connectivity index (χ3v) is 5.22. The highest BCUT2D eigenvalue weighted by Gasteiger charge is 2.34. The van der Waals surface area contributed by atoms with Gasteiger partial charge >= 0.3 is 0 Å². The van der Waals surface area contributed by atoms with Crippen LogP contribution in [-0.4, -0.2) is 19.8 Å². The van der Waals surface area contributed by atoms with Crippen molar-refractivity contribution >= 4 is 11.6 Å². The van der Waals surface area contributed by atoms with Crippen LogP contribution in [-0.2, 0) is 10.2 Å². The summed E-state index contributed by atoms with van der Waals surface area (Å²) in [5.74, 6) is -0.179. The molecule has 1 aliphatic rings. The first-order chi connectivity index (χ1) is 11.6. The fraction of sp³-hybridized carbons (Fsp3) is 0.400. The molecule has 0 amide bonds.